The van der Waals surface area contributed by atoms with Gasteiger partial charge in [-0.2, -0.15) is 0 Å². The number of fused-ring (bicyclic) bond motifs is 1. The van der Waals surface area contributed by atoms with E-state index in [4.69, 9.17) is 4.99 Å². The molecule has 0 saturated heterocycles. The van der Waals surface area contributed by atoms with Crippen LogP contribution >= 0.6 is 0 Å². The van der Waals surface area contributed by atoms with Crippen molar-refractivity contribution in [1.82, 2.24) is 20.2 Å². The Labute approximate surface area is 201 Å². The van der Waals surface area contributed by atoms with E-state index in [1.165, 1.54) is 17.3 Å². The molecule has 0 aliphatic carbocycles. The molecule has 5 rings (SSSR count). The number of nitrogens with one attached hydrogen (secondary N) is 2. The Balaban J connectivity index is 0.00000133. The van der Waals surface area contributed by atoms with Crippen LogP contribution < -0.4 is 16.2 Å². The number of hydrogen-bond acceptors (Lipinski definition) is 5. The fraction of sp³-hybridized carbons (Fsp3) is 0.321. The average molecular weight is 456 g/mol. The Morgan fingerprint density at radius 2 is 1.82 bits per heavy atom. The average Bonchev–Trinajstić information content (AvgIpc) is 3.49. The van der Waals surface area contributed by atoms with Gasteiger partial charge in [0.2, 0.25) is 0 Å². The predicted octanol–water partition coefficient (Wildman–Crippen LogP) is 4.23. The van der Waals surface area contributed by atoms with Crippen molar-refractivity contribution in [2.45, 2.75) is 52.2 Å². The van der Waals surface area contributed by atoms with E-state index < -0.39 is 0 Å². The van der Waals surface area contributed by atoms with Gasteiger partial charge in [0.05, 0.1) is 42.4 Å². The van der Waals surface area contributed by atoms with Crippen molar-refractivity contribution in [3.63, 3.8) is 0 Å². The predicted molar refractivity (Wildman–Crippen MR) is 140 cm³/mol. The number of allylic oxidation sites excluding steroid dienone is 1. The second-order valence-electron chi connectivity index (χ2n) is 8.58. The van der Waals surface area contributed by atoms with Gasteiger partial charge in [-0.05, 0) is 37.5 Å². The van der Waals surface area contributed by atoms with Gasteiger partial charge in [0, 0.05) is 11.3 Å². The summed E-state index contributed by atoms with van der Waals surface area (Å²) in [6.07, 6.45) is 3.20. The van der Waals surface area contributed by atoms with Gasteiger partial charge in [0.15, 0.2) is 0 Å². The lowest BCUT2D eigenvalue weighted by molar-refractivity contribution is 0.642. The summed E-state index contributed by atoms with van der Waals surface area (Å²) >= 11 is 0. The largest absolute Gasteiger partial charge is 0.380 e. The third kappa shape index (κ3) is 4.96. The minimum absolute atomic E-state index is 0.0792. The molecule has 2 aliphatic heterocycles. The molecule has 0 saturated carbocycles. The zero-order valence-corrected chi connectivity index (χ0v) is 20.2. The smallest absolute Gasteiger partial charge is 0.269 e. The fourth-order valence-electron chi connectivity index (χ4n) is 4.50. The quantitative estimate of drug-likeness (QED) is 0.584. The molecule has 34 heavy (non-hydrogen) atoms. The van der Waals surface area contributed by atoms with Crippen molar-refractivity contribution in [3.05, 3.63) is 100 Å². The normalized spacial score (nSPS) is 19.2. The standard InChI is InChI=1S/C26H27N5O.C2H6/c1-17-12-22(18(2)26-28-14-20(29-26)13-19-8-4-3-5-9-19)30-23(17)16-31-24-11-7-6-10-21(24)27-15-25(31)32;1-2/h3-11,15,20,22,30H,2,12-14,16H2,1H3,(H,28,29);1-2H3. The van der Waals surface area contributed by atoms with Gasteiger partial charge in [-0.3, -0.25) is 14.4 Å². The molecule has 2 N–H and O–H groups in total. The maximum absolute atomic E-state index is 12.5. The molecule has 0 spiro atoms. The van der Waals surface area contributed by atoms with Crippen molar-refractivity contribution in [2.75, 3.05) is 6.54 Å². The Hall–Kier alpha value is -3.67. The Kier molecular flexibility index (Phi) is 7.26. The topological polar surface area (TPSA) is 71.3 Å². The highest BCUT2D eigenvalue weighted by atomic mass is 16.1. The van der Waals surface area contributed by atoms with Gasteiger partial charge in [-0.25, -0.2) is 4.98 Å². The minimum Gasteiger partial charge on any atom is -0.380 e. The van der Waals surface area contributed by atoms with E-state index in [1.807, 2.05) is 44.2 Å². The first kappa shape index (κ1) is 23.5. The fourth-order valence-corrected chi connectivity index (χ4v) is 4.50. The van der Waals surface area contributed by atoms with Crippen LogP contribution in [0.5, 0.6) is 0 Å². The van der Waals surface area contributed by atoms with Crippen molar-refractivity contribution in [2.24, 2.45) is 4.99 Å². The van der Waals surface area contributed by atoms with Crippen LogP contribution in [0.4, 0.5) is 0 Å². The molecule has 176 valence electrons. The molecule has 3 aromatic rings. The van der Waals surface area contributed by atoms with Crippen LogP contribution in [0.1, 0.15) is 32.8 Å². The molecule has 3 heterocycles. The van der Waals surface area contributed by atoms with Crippen LogP contribution in [0, 0.1) is 0 Å². The summed E-state index contributed by atoms with van der Waals surface area (Å²) in [5.74, 6) is 0.893. The summed E-state index contributed by atoms with van der Waals surface area (Å²) in [6, 6.07) is 18.6. The van der Waals surface area contributed by atoms with Crippen LogP contribution in [0.15, 0.2) is 94.0 Å². The summed E-state index contributed by atoms with van der Waals surface area (Å²) < 4.78 is 1.78. The van der Waals surface area contributed by atoms with Crippen molar-refractivity contribution in [1.29, 1.82) is 0 Å². The highest BCUT2D eigenvalue weighted by Crippen LogP contribution is 2.25. The lowest BCUT2D eigenvalue weighted by Gasteiger charge is -2.19. The van der Waals surface area contributed by atoms with Gasteiger partial charge in [-0.1, -0.05) is 68.5 Å². The molecule has 2 atom stereocenters. The Morgan fingerprint density at radius 1 is 1.09 bits per heavy atom. The highest BCUT2D eigenvalue weighted by molar-refractivity contribution is 6.00. The third-order valence-corrected chi connectivity index (χ3v) is 6.30. The van der Waals surface area contributed by atoms with E-state index in [-0.39, 0.29) is 11.6 Å². The molecule has 6 heteroatoms. The molecule has 2 aliphatic rings. The number of amidine groups is 1. The Morgan fingerprint density at radius 3 is 2.62 bits per heavy atom. The van der Waals surface area contributed by atoms with E-state index in [2.05, 4.69) is 53.4 Å². The molecule has 1 aromatic heterocycles. The zero-order valence-electron chi connectivity index (χ0n) is 20.2. The van der Waals surface area contributed by atoms with Gasteiger partial charge in [-0.15, -0.1) is 0 Å². The zero-order chi connectivity index (χ0) is 24.1. The van der Waals surface area contributed by atoms with Crippen LogP contribution in [-0.4, -0.2) is 34.0 Å². The van der Waals surface area contributed by atoms with Crippen LogP contribution in [0.3, 0.4) is 0 Å². The number of nitrogens with zero attached hydrogens (tertiary/aromatic N) is 3. The molecule has 0 radical (unpaired) electrons. The number of aromatic nitrogens is 2. The third-order valence-electron chi connectivity index (χ3n) is 6.30. The lowest BCUT2D eigenvalue weighted by Crippen LogP contribution is -2.38. The van der Waals surface area contributed by atoms with Gasteiger partial charge < -0.3 is 10.6 Å². The summed E-state index contributed by atoms with van der Waals surface area (Å²) in [4.78, 5) is 21.5. The van der Waals surface area contributed by atoms with E-state index in [1.54, 1.807) is 4.57 Å². The maximum Gasteiger partial charge on any atom is 0.269 e. The number of hydrogen-bond donors (Lipinski definition) is 2. The van der Waals surface area contributed by atoms with E-state index in [9.17, 15) is 4.79 Å². The van der Waals surface area contributed by atoms with Gasteiger partial charge in [0.25, 0.3) is 5.56 Å². The summed E-state index contributed by atoms with van der Waals surface area (Å²) in [5.41, 5.74) is 6.15. The molecular weight excluding hydrogens is 422 g/mol. The van der Waals surface area contributed by atoms with Crippen molar-refractivity contribution < 1.29 is 0 Å². The van der Waals surface area contributed by atoms with E-state index in [0.717, 1.165) is 47.5 Å². The number of rotatable bonds is 6. The summed E-state index contributed by atoms with van der Waals surface area (Å²) in [5, 5.41) is 7.16. The maximum atomic E-state index is 12.5. The second kappa shape index (κ2) is 10.5. The molecule has 0 fully saturated rings. The molecule has 6 nitrogen and oxygen atoms in total. The number of para-hydroxylation sites is 2. The number of aliphatic imine (C=N–C) groups is 1. The molecule has 2 aromatic carbocycles. The van der Waals surface area contributed by atoms with E-state index in [0.29, 0.717) is 12.6 Å². The monoisotopic (exact) mass is 455 g/mol. The van der Waals surface area contributed by atoms with Crippen LogP contribution in [-0.2, 0) is 13.0 Å². The first-order valence-corrected chi connectivity index (χ1v) is 12.0. The molecule has 2 unspecified atom stereocenters. The van der Waals surface area contributed by atoms with Gasteiger partial charge >= 0.3 is 0 Å². The summed E-state index contributed by atoms with van der Waals surface area (Å²) in [6.45, 7) is 11.7. The van der Waals surface area contributed by atoms with Crippen molar-refractivity contribution in [3.8, 4) is 0 Å². The van der Waals surface area contributed by atoms with Crippen LogP contribution in [0.25, 0.3) is 11.0 Å². The Bertz CT molecular complexity index is 1290. The van der Waals surface area contributed by atoms with E-state index >= 15 is 0 Å². The first-order chi connectivity index (χ1) is 16.6. The van der Waals surface area contributed by atoms with Crippen LogP contribution in [0.2, 0.25) is 0 Å². The lowest BCUT2D eigenvalue weighted by atomic mass is 10.0. The molecular formula is C28H33N5O. The number of benzene rings is 2. The molecule has 0 bridgehead atoms. The first-order valence-electron chi connectivity index (χ1n) is 12.0. The molecule has 0 amide bonds. The summed E-state index contributed by atoms with van der Waals surface area (Å²) in [7, 11) is 0. The van der Waals surface area contributed by atoms with Crippen molar-refractivity contribution >= 4 is 16.9 Å². The van der Waals surface area contributed by atoms with Gasteiger partial charge in [0.1, 0.15) is 5.84 Å². The SMILES string of the molecule is C=C(C1=NCC(Cc2ccccc2)N1)C1CC(C)=C(Cn2c(=O)cnc3ccccc32)N1.CC. The minimum atomic E-state index is -0.0985. The highest BCUT2D eigenvalue weighted by Gasteiger charge is 2.29. The second-order valence-corrected chi connectivity index (χ2v) is 8.58.